The van der Waals surface area contributed by atoms with Crippen LogP contribution < -0.4 is 11.1 Å². The first-order valence-corrected chi connectivity index (χ1v) is 8.83. The molecule has 6 nitrogen and oxygen atoms in total. The van der Waals surface area contributed by atoms with E-state index in [4.69, 9.17) is 5.73 Å². The molecule has 1 aliphatic heterocycles. The molecule has 0 saturated heterocycles. The molecule has 1 aromatic carbocycles. The van der Waals surface area contributed by atoms with Crippen molar-refractivity contribution in [3.8, 4) is 0 Å². The van der Waals surface area contributed by atoms with Gasteiger partial charge in [0.05, 0.1) is 17.3 Å². The summed E-state index contributed by atoms with van der Waals surface area (Å²) in [5.74, 6) is 0.885. The lowest BCUT2D eigenvalue weighted by Crippen LogP contribution is -2.14. The number of thioether (sulfide) groups is 1. The van der Waals surface area contributed by atoms with Gasteiger partial charge >= 0.3 is 0 Å². The molecule has 0 spiro atoms. The number of anilines is 1. The first kappa shape index (κ1) is 15.2. The van der Waals surface area contributed by atoms with Crippen molar-refractivity contribution < 1.29 is 4.79 Å². The van der Waals surface area contributed by atoms with Gasteiger partial charge in [0.25, 0.3) is 5.91 Å². The highest BCUT2D eigenvalue weighted by molar-refractivity contribution is 7.99. The molecule has 0 bridgehead atoms. The van der Waals surface area contributed by atoms with Gasteiger partial charge in [-0.1, -0.05) is 6.07 Å². The van der Waals surface area contributed by atoms with Crippen molar-refractivity contribution in [2.24, 2.45) is 5.73 Å². The minimum Gasteiger partial charge on any atom is -0.324 e. The molecule has 3 heterocycles. The number of carbonyl (C=O) groups is 1. The Kier molecular flexibility index (Phi) is 3.95. The number of benzene rings is 1. The topological polar surface area (TPSA) is 96.7 Å². The van der Waals surface area contributed by atoms with Crippen LogP contribution in [0.4, 0.5) is 5.69 Å². The molecule has 0 aliphatic carbocycles. The standard InChI is InChI=1S/C17H17N5OS/c18-13-2-1-7-24-15-8-10(3-4-11(13)15)17(23)21-14-5-6-19-16-12(14)9-20-22-16/h3-6,8-9,13H,1-2,7,18H2,(H2,19,20,21,22,23)/t13-/m1/s1. The number of hydrogen-bond donors (Lipinski definition) is 3. The van der Waals surface area contributed by atoms with E-state index in [1.807, 2.05) is 18.2 Å². The van der Waals surface area contributed by atoms with Crippen LogP contribution in [0.1, 0.15) is 34.8 Å². The van der Waals surface area contributed by atoms with Crippen molar-refractivity contribution in [1.29, 1.82) is 0 Å². The number of nitrogens with two attached hydrogens (primary N) is 1. The SMILES string of the molecule is N[C@@H]1CCCSc2cc(C(=O)Nc3ccnc4[nH]ncc34)ccc21. The largest absolute Gasteiger partial charge is 0.324 e. The summed E-state index contributed by atoms with van der Waals surface area (Å²) in [5.41, 5.74) is 9.32. The molecular formula is C17H17N5OS. The van der Waals surface area contributed by atoms with E-state index >= 15 is 0 Å². The van der Waals surface area contributed by atoms with Gasteiger partial charge in [-0.15, -0.1) is 11.8 Å². The molecule has 3 aromatic rings. The Morgan fingerprint density at radius 2 is 2.29 bits per heavy atom. The van der Waals surface area contributed by atoms with Crippen LogP contribution >= 0.6 is 11.8 Å². The molecule has 24 heavy (non-hydrogen) atoms. The molecule has 1 atom stereocenters. The molecule has 4 rings (SSSR count). The number of fused-ring (bicyclic) bond motifs is 2. The first-order valence-electron chi connectivity index (χ1n) is 7.84. The number of aromatic nitrogens is 3. The van der Waals surface area contributed by atoms with Gasteiger partial charge in [0.1, 0.15) is 0 Å². The third-order valence-electron chi connectivity index (χ3n) is 4.19. The highest BCUT2D eigenvalue weighted by Crippen LogP contribution is 2.34. The lowest BCUT2D eigenvalue weighted by atomic mass is 10.0. The van der Waals surface area contributed by atoms with Crippen molar-refractivity contribution in [1.82, 2.24) is 15.2 Å². The minimum atomic E-state index is -0.148. The smallest absolute Gasteiger partial charge is 0.255 e. The van der Waals surface area contributed by atoms with Gasteiger partial charge < -0.3 is 11.1 Å². The second-order valence-corrected chi connectivity index (χ2v) is 6.93. The number of aromatic amines is 1. The molecule has 1 aliphatic rings. The second kappa shape index (κ2) is 6.26. The zero-order valence-electron chi connectivity index (χ0n) is 13.0. The van der Waals surface area contributed by atoms with E-state index in [1.54, 1.807) is 30.2 Å². The Hall–Kier alpha value is -2.38. The summed E-state index contributed by atoms with van der Waals surface area (Å²) >= 11 is 1.77. The van der Waals surface area contributed by atoms with Crippen LogP contribution in [0, 0.1) is 0 Å². The Morgan fingerprint density at radius 1 is 1.38 bits per heavy atom. The Morgan fingerprint density at radius 3 is 3.21 bits per heavy atom. The van der Waals surface area contributed by atoms with E-state index in [-0.39, 0.29) is 11.9 Å². The highest BCUT2D eigenvalue weighted by atomic mass is 32.2. The van der Waals surface area contributed by atoms with Gasteiger partial charge in [-0.05, 0) is 42.4 Å². The fourth-order valence-electron chi connectivity index (χ4n) is 2.90. The summed E-state index contributed by atoms with van der Waals surface area (Å²) in [6.07, 6.45) is 5.38. The van der Waals surface area contributed by atoms with Crippen molar-refractivity contribution in [3.63, 3.8) is 0 Å². The van der Waals surface area contributed by atoms with Crippen LogP contribution in [-0.4, -0.2) is 26.8 Å². The lowest BCUT2D eigenvalue weighted by Gasteiger charge is -2.13. The van der Waals surface area contributed by atoms with Gasteiger partial charge in [0.2, 0.25) is 0 Å². The summed E-state index contributed by atoms with van der Waals surface area (Å²) in [4.78, 5) is 17.9. The van der Waals surface area contributed by atoms with Gasteiger partial charge in [0.15, 0.2) is 5.65 Å². The maximum atomic E-state index is 12.6. The Bertz CT molecular complexity index is 907. The predicted octanol–water partition coefficient (Wildman–Crippen LogP) is 3.10. The number of nitrogens with one attached hydrogen (secondary N) is 2. The molecule has 122 valence electrons. The van der Waals surface area contributed by atoms with E-state index in [9.17, 15) is 4.79 Å². The average Bonchev–Trinajstić information content (AvgIpc) is 3.00. The quantitative estimate of drug-likeness (QED) is 0.666. The van der Waals surface area contributed by atoms with Crippen molar-refractivity contribution >= 4 is 34.4 Å². The maximum absolute atomic E-state index is 12.6. The summed E-state index contributed by atoms with van der Waals surface area (Å²) < 4.78 is 0. The monoisotopic (exact) mass is 339 g/mol. The van der Waals surface area contributed by atoms with Gasteiger partial charge in [-0.25, -0.2) is 4.98 Å². The third kappa shape index (κ3) is 2.76. The van der Waals surface area contributed by atoms with Crippen LogP contribution in [0.15, 0.2) is 41.6 Å². The number of amides is 1. The number of carbonyl (C=O) groups excluding carboxylic acids is 1. The maximum Gasteiger partial charge on any atom is 0.255 e. The zero-order chi connectivity index (χ0) is 16.5. The predicted molar refractivity (Wildman–Crippen MR) is 95.2 cm³/mol. The van der Waals surface area contributed by atoms with Gasteiger partial charge in [0, 0.05) is 22.7 Å². The van der Waals surface area contributed by atoms with E-state index in [0.717, 1.165) is 34.4 Å². The van der Waals surface area contributed by atoms with E-state index < -0.39 is 0 Å². The first-order chi connectivity index (χ1) is 11.7. The molecule has 0 fully saturated rings. The van der Waals surface area contributed by atoms with E-state index in [1.165, 1.54) is 0 Å². The van der Waals surface area contributed by atoms with Gasteiger partial charge in [-0.3, -0.25) is 9.89 Å². The Labute approximate surface area is 143 Å². The fourth-order valence-corrected chi connectivity index (χ4v) is 4.03. The molecule has 1 amide bonds. The zero-order valence-corrected chi connectivity index (χ0v) is 13.8. The molecule has 4 N–H and O–H groups in total. The van der Waals surface area contributed by atoms with Crippen LogP contribution in [-0.2, 0) is 0 Å². The van der Waals surface area contributed by atoms with Crippen molar-refractivity contribution in [2.45, 2.75) is 23.8 Å². The summed E-state index contributed by atoms with van der Waals surface area (Å²) in [6, 6.07) is 7.58. The summed E-state index contributed by atoms with van der Waals surface area (Å²) in [7, 11) is 0. The molecule has 7 heteroatoms. The normalized spacial score (nSPS) is 17.3. The molecule has 0 radical (unpaired) electrons. The second-order valence-electron chi connectivity index (χ2n) is 5.79. The highest BCUT2D eigenvalue weighted by Gasteiger charge is 2.18. The summed E-state index contributed by atoms with van der Waals surface area (Å²) in [6.45, 7) is 0. The fraction of sp³-hybridized carbons (Fsp3) is 0.235. The van der Waals surface area contributed by atoms with Crippen LogP contribution in [0.25, 0.3) is 11.0 Å². The molecule has 0 saturated carbocycles. The number of H-pyrrole nitrogens is 1. The molecule has 2 aromatic heterocycles. The molecular weight excluding hydrogens is 322 g/mol. The van der Waals surface area contributed by atoms with Crippen LogP contribution in [0.3, 0.4) is 0 Å². The van der Waals surface area contributed by atoms with Crippen LogP contribution in [0.5, 0.6) is 0 Å². The van der Waals surface area contributed by atoms with E-state index in [2.05, 4.69) is 20.5 Å². The lowest BCUT2D eigenvalue weighted by molar-refractivity contribution is 0.102. The number of hydrogen-bond acceptors (Lipinski definition) is 5. The number of rotatable bonds is 2. The number of pyridine rings is 1. The third-order valence-corrected chi connectivity index (χ3v) is 5.35. The average molecular weight is 339 g/mol. The van der Waals surface area contributed by atoms with Crippen molar-refractivity contribution in [3.05, 3.63) is 47.8 Å². The number of nitrogens with zero attached hydrogens (tertiary/aromatic N) is 2. The van der Waals surface area contributed by atoms with Gasteiger partial charge in [-0.2, -0.15) is 5.10 Å². The van der Waals surface area contributed by atoms with Crippen molar-refractivity contribution in [2.75, 3.05) is 11.1 Å². The molecule has 0 unspecified atom stereocenters. The minimum absolute atomic E-state index is 0.0536. The van der Waals surface area contributed by atoms with E-state index in [0.29, 0.717) is 16.9 Å². The van der Waals surface area contributed by atoms with Crippen LogP contribution in [0.2, 0.25) is 0 Å². The Balaban J connectivity index is 1.63. The summed E-state index contributed by atoms with van der Waals surface area (Å²) in [5, 5.41) is 10.5.